The lowest BCUT2D eigenvalue weighted by molar-refractivity contribution is -0.137. The van der Waals surface area contributed by atoms with Gasteiger partial charge in [-0.1, -0.05) is 30.3 Å². The number of hydrogen-bond donors (Lipinski definition) is 1. The van der Waals surface area contributed by atoms with Crippen LogP contribution in [0.4, 0.5) is 0 Å². The van der Waals surface area contributed by atoms with Crippen molar-refractivity contribution in [2.24, 2.45) is 0 Å². The van der Waals surface area contributed by atoms with E-state index in [0.29, 0.717) is 5.56 Å². The molecule has 0 aliphatic rings. The molecule has 0 saturated heterocycles. The third kappa shape index (κ3) is 5.00. The fraction of sp³-hybridized carbons (Fsp3) is 0.462. The van der Waals surface area contributed by atoms with E-state index in [-0.39, 0.29) is 24.8 Å². The lowest BCUT2D eigenvalue weighted by Crippen LogP contribution is -2.39. The van der Waals surface area contributed by atoms with Gasteiger partial charge in [-0.25, -0.2) is 8.42 Å². The summed E-state index contributed by atoms with van der Waals surface area (Å²) in [6.07, 6.45) is -0.188. The van der Waals surface area contributed by atoms with Crippen molar-refractivity contribution in [2.75, 3.05) is 6.54 Å². The van der Waals surface area contributed by atoms with Crippen LogP contribution < -0.4 is 0 Å². The Kier molecular flexibility index (Phi) is 5.50. The molecule has 0 radical (unpaired) electrons. The highest BCUT2D eigenvalue weighted by Crippen LogP contribution is 2.14. The predicted octanol–water partition coefficient (Wildman–Crippen LogP) is 1.70. The highest BCUT2D eigenvalue weighted by molar-refractivity contribution is 7.88. The molecule has 0 saturated carbocycles. The highest BCUT2D eigenvalue weighted by atomic mass is 32.2. The first-order chi connectivity index (χ1) is 8.83. The molecular formula is C13H19NO4S. The second-order valence-corrected chi connectivity index (χ2v) is 6.51. The summed E-state index contributed by atoms with van der Waals surface area (Å²) in [5, 5.41) is 8.68. The molecule has 0 heterocycles. The minimum absolute atomic E-state index is 0.00215. The lowest BCUT2D eigenvalue weighted by Gasteiger charge is -2.25. The highest BCUT2D eigenvalue weighted by Gasteiger charge is 2.25. The molecule has 19 heavy (non-hydrogen) atoms. The second kappa shape index (κ2) is 6.68. The van der Waals surface area contributed by atoms with Crippen LogP contribution in [-0.4, -0.2) is 36.4 Å². The van der Waals surface area contributed by atoms with Crippen molar-refractivity contribution in [3.63, 3.8) is 0 Å². The van der Waals surface area contributed by atoms with Crippen molar-refractivity contribution >= 4 is 16.0 Å². The van der Waals surface area contributed by atoms with Crippen molar-refractivity contribution in [1.82, 2.24) is 4.31 Å². The number of carboxylic acids is 1. The van der Waals surface area contributed by atoms with Crippen LogP contribution in [0.1, 0.15) is 25.8 Å². The molecule has 5 nitrogen and oxygen atoms in total. The van der Waals surface area contributed by atoms with Gasteiger partial charge in [-0.15, -0.1) is 0 Å². The monoisotopic (exact) mass is 285 g/mol. The Hall–Kier alpha value is -1.40. The largest absolute Gasteiger partial charge is 0.481 e. The molecule has 1 N–H and O–H groups in total. The number of carboxylic acid groups (broad SMARTS) is 1. The number of carbonyl (C=O) groups is 1. The molecule has 0 amide bonds. The van der Waals surface area contributed by atoms with E-state index in [2.05, 4.69) is 0 Å². The van der Waals surface area contributed by atoms with Gasteiger partial charge in [-0.2, -0.15) is 4.31 Å². The number of sulfonamides is 1. The zero-order valence-corrected chi connectivity index (χ0v) is 11.9. The number of rotatable bonds is 7. The van der Waals surface area contributed by atoms with Crippen molar-refractivity contribution < 1.29 is 18.3 Å². The van der Waals surface area contributed by atoms with Crippen LogP contribution in [0.2, 0.25) is 0 Å². The third-order valence-corrected chi connectivity index (χ3v) is 4.69. The maximum atomic E-state index is 12.3. The summed E-state index contributed by atoms with van der Waals surface area (Å²) in [7, 11) is -3.50. The van der Waals surface area contributed by atoms with Gasteiger partial charge in [0.25, 0.3) is 0 Å². The number of hydrogen-bond acceptors (Lipinski definition) is 3. The number of nitrogens with zero attached hydrogens (tertiary/aromatic N) is 1. The summed E-state index contributed by atoms with van der Waals surface area (Å²) in [6.45, 7) is 3.48. The molecular weight excluding hydrogens is 266 g/mol. The van der Waals surface area contributed by atoms with Crippen LogP contribution in [0.15, 0.2) is 30.3 Å². The van der Waals surface area contributed by atoms with Gasteiger partial charge in [0.2, 0.25) is 10.0 Å². The Morgan fingerprint density at radius 1 is 1.26 bits per heavy atom. The topological polar surface area (TPSA) is 74.7 Å². The molecule has 1 aromatic rings. The summed E-state index contributed by atoms with van der Waals surface area (Å²) in [5.74, 6) is -1.10. The molecule has 6 heteroatoms. The summed E-state index contributed by atoms with van der Waals surface area (Å²) in [5.41, 5.74) is 0.698. The van der Waals surface area contributed by atoms with Crippen LogP contribution in [0, 0.1) is 0 Å². The van der Waals surface area contributed by atoms with E-state index in [1.807, 2.05) is 6.07 Å². The van der Waals surface area contributed by atoms with E-state index < -0.39 is 16.0 Å². The Labute approximate surface area is 113 Å². The maximum absolute atomic E-state index is 12.3. The first kappa shape index (κ1) is 15.7. The van der Waals surface area contributed by atoms with Gasteiger partial charge in [0.05, 0.1) is 12.2 Å². The Morgan fingerprint density at radius 3 is 2.32 bits per heavy atom. The van der Waals surface area contributed by atoms with E-state index in [0.717, 1.165) is 0 Å². The van der Waals surface area contributed by atoms with Gasteiger partial charge < -0.3 is 5.11 Å². The first-order valence-electron chi connectivity index (χ1n) is 6.08. The SMILES string of the molecule is CC(C)N(CCC(=O)O)S(=O)(=O)Cc1ccccc1. The van der Waals surface area contributed by atoms with Gasteiger partial charge in [-0.3, -0.25) is 4.79 Å². The van der Waals surface area contributed by atoms with Gasteiger partial charge in [0, 0.05) is 12.6 Å². The zero-order chi connectivity index (χ0) is 14.5. The van der Waals surface area contributed by atoms with Crippen molar-refractivity contribution in [3.8, 4) is 0 Å². The van der Waals surface area contributed by atoms with Crippen LogP contribution in [-0.2, 0) is 20.6 Å². The number of benzene rings is 1. The molecule has 0 unspecified atom stereocenters. The Bertz CT molecular complexity index is 511. The van der Waals surface area contributed by atoms with E-state index in [9.17, 15) is 13.2 Å². The summed E-state index contributed by atoms with van der Waals surface area (Å²) in [4.78, 5) is 10.6. The third-order valence-electron chi connectivity index (χ3n) is 2.67. The van der Waals surface area contributed by atoms with Gasteiger partial charge in [-0.05, 0) is 19.4 Å². The predicted molar refractivity (Wildman–Crippen MR) is 73.2 cm³/mol. The standard InChI is InChI=1S/C13H19NO4S/c1-11(2)14(9-8-13(15)16)19(17,18)10-12-6-4-3-5-7-12/h3-7,11H,8-10H2,1-2H3,(H,15,16). The Morgan fingerprint density at radius 2 is 1.84 bits per heavy atom. The maximum Gasteiger partial charge on any atom is 0.304 e. The van der Waals surface area contributed by atoms with E-state index in [4.69, 9.17) is 5.11 Å². The van der Waals surface area contributed by atoms with E-state index in [1.165, 1.54) is 4.31 Å². The fourth-order valence-corrected chi connectivity index (χ4v) is 3.58. The van der Waals surface area contributed by atoms with Gasteiger partial charge >= 0.3 is 5.97 Å². The van der Waals surface area contributed by atoms with Gasteiger partial charge in [0.15, 0.2) is 0 Å². The van der Waals surface area contributed by atoms with Crippen molar-refractivity contribution in [2.45, 2.75) is 32.1 Å². The lowest BCUT2D eigenvalue weighted by atomic mass is 10.2. The molecule has 0 bridgehead atoms. The minimum Gasteiger partial charge on any atom is -0.481 e. The molecule has 1 aromatic carbocycles. The molecule has 1 rings (SSSR count). The summed E-state index contributed by atoms with van der Waals surface area (Å²) < 4.78 is 25.8. The quantitative estimate of drug-likeness (QED) is 0.827. The summed E-state index contributed by atoms with van der Waals surface area (Å²) in [6, 6.07) is 8.61. The van der Waals surface area contributed by atoms with Gasteiger partial charge in [0.1, 0.15) is 0 Å². The second-order valence-electron chi connectivity index (χ2n) is 4.59. The van der Waals surface area contributed by atoms with Crippen LogP contribution in [0.3, 0.4) is 0 Å². The number of aliphatic carboxylic acids is 1. The first-order valence-corrected chi connectivity index (χ1v) is 7.69. The molecule has 0 atom stereocenters. The minimum atomic E-state index is -3.50. The zero-order valence-electron chi connectivity index (χ0n) is 11.1. The summed E-state index contributed by atoms with van der Waals surface area (Å²) >= 11 is 0. The average Bonchev–Trinajstić information content (AvgIpc) is 2.28. The average molecular weight is 285 g/mol. The smallest absolute Gasteiger partial charge is 0.304 e. The molecule has 0 aliphatic heterocycles. The molecule has 106 valence electrons. The molecule has 0 aliphatic carbocycles. The van der Waals surface area contributed by atoms with E-state index >= 15 is 0 Å². The Balaban J connectivity index is 2.84. The van der Waals surface area contributed by atoms with Crippen LogP contribution in [0.25, 0.3) is 0 Å². The van der Waals surface area contributed by atoms with Crippen molar-refractivity contribution in [3.05, 3.63) is 35.9 Å². The fourth-order valence-electron chi connectivity index (χ4n) is 1.79. The molecule has 0 spiro atoms. The van der Waals surface area contributed by atoms with E-state index in [1.54, 1.807) is 38.1 Å². The molecule has 0 aromatic heterocycles. The van der Waals surface area contributed by atoms with Crippen molar-refractivity contribution in [1.29, 1.82) is 0 Å². The van der Waals surface area contributed by atoms with Crippen LogP contribution in [0.5, 0.6) is 0 Å². The van der Waals surface area contributed by atoms with Crippen LogP contribution >= 0.6 is 0 Å². The molecule has 0 fully saturated rings. The normalized spacial score (nSPS) is 12.0.